The maximum Gasteiger partial charge on any atom is 0.270 e. The van der Waals surface area contributed by atoms with Crippen molar-refractivity contribution >= 4 is 16.8 Å². The fourth-order valence-electron chi connectivity index (χ4n) is 4.91. The van der Waals surface area contributed by atoms with Gasteiger partial charge in [0.05, 0.1) is 11.2 Å². The third kappa shape index (κ3) is 2.78. The van der Waals surface area contributed by atoms with Crippen LogP contribution in [0.2, 0.25) is 0 Å². The van der Waals surface area contributed by atoms with Gasteiger partial charge >= 0.3 is 0 Å². The smallest absolute Gasteiger partial charge is 0.270 e. The number of nitrogens with one attached hydrogen (secondary N) is 2. The molecule has 2 N–H and O–H groups in total. The quantitative estimate of drug-likeness (QED) is 0.645. The molecule has 3 heterocycles. The first-order chi connectivity index (χ1) is 14.4. The predicted octanol–water partition coefficient (Wildman–Crippen LogP) is 2.18. The summed E-state index contributed by atoms with van der Waals surface area (Å²) >= 11 is 0. The molecule has 1 amide bonds. The summed E-state index contributed by atoms with van der Waals surface area (Å²) in [5.74, 6) is -0.277. The van der Waals surface area contributed by atoms with Crippen molar-refractivity contribution in [3.63, 3.8) is 0 Å². The summed E-state index contributed by atoms with van der Waals surface area (Å²) in [4.78, 5) is 49.5. The van der Waals surface area contributed by atoms with Crippen molar-refractivity contribution < 1.29 is 9.18 Å². The number of aryl methyl sites for hydroxylation is 1. The third-order valence-electron chi connectivity index (χ3n) is 6.54. The van der Waals surface area contributed by atoms with E-state index in [1.54, 1.807) is 11.8 Å². The standard InChI is InChI=1S/C22H21FN4O3/c1-12-24-19-14(20(29)25-12)5-6-22(19)7-9-27(10-8-22)21(30)16-11-17(28)13-3-2-4-15(23)18(13)26-16/h2-4,11H,5-10H2,1H3,(H,26,28)(H,24,25,29). The van der Waals surface area contributed by atoms with Gasteiger partial charge in [0, 0.05) is 35.5 Å². The lowest BCUT2D eigenvalue weighted by atomic mass is 9.76. The second-order valence-electron chi connectivity index (χ2n) is 8.26. The molecule has 0 bridgehead atoms. The zero-order valence-corrected chi connectivity index (χ0v) is 16.5. The van der Waals surface area contributed by atoms with Gasteiger partial charge in [-0.15, -0.1) is 0 Å². The second kappa shape index (κ2) is 6.62. The van der Waals surface area contributed by atoms with Crippen molar-refractivity contribution in [1.82, 2.24) is 19.9 Å². The van der Waals surface area contributed by atoms with Gasteiger partial charge in [-0.05, 0) is 44.7 Å². The van der Waals surface area contributed by atoms with Gasteiger partial charge in [0.25, 0.3) is 11.5 Å². The fourth-order valence-corrected chi connectivity index (χ4v) is 4.91. The van der Waals surface area contributed by atoms with Crippen LogP contribution in [0.5, 0.6) is 0 Å². The van der Waals surface area contributed by atoms with Crippen LogP contribution in [0.1, 0.15) is 46.8 Å². The molecule has 7 nitrogen and oxygen atoms in total. The van der Waals surface area contributed by atoms with Crippen LogP contribution in [0.4, 0.5) is 4.39 Å². The molecule has 2 aliphatic rings. The minimum atomic E-state index is -0.564. The van der Waals surface area contributed by atoms with Crippen LogP contribution in [0, 0.1) is 12.7 Å². The van der Waals surface area contributed by atoms with Crippen LogP contribution < -0.4 is 11.0 Å². The number of benzene rings is 1. The Hall–Kier alpha value is -3.29. The summed E-state index contributed by atoms with van der Waals surface area (Å²) in [7, 11) is 0. The molecule has 1 aromatic carbocycles. The molecule has 0 atom stereocenters. The number of H-pyrrole nitrogens is 2. The van der Waals surface area contributed by atoms with Gasteiger partial charge in [0.15, 0.2) is 5.43 Å². The van der Waals surface area contributed by atoms with Gasteiger partial charge in [0.2, 0.25) is 0 Å². The molecule has 1 aliphatic heterocycles. The highest BCUT2D eigenvalue weighted by molar-refractivity contribution is 5.95. The molecule has 8 heteroatoms. The summed E-state index contributed by atoms with van der Waals surface area (Å²) in [6, 6.07) is 5.50. The number of fused-ring (bicyclic) bond motifs is 3. The molecule has 0 saturated carbocycles. The van der Waals surface area contributed by atoms with Crippen LogP contribution >= 0.6 is 0 Å². The summed E-state index contributed by atoms with van der Waals surface area (Å²) in [6.07, 6.45) is 2.95. The van der Waals surface area contributed by atoms with Gasteiger partial charge in [-0.1, -0.05) is 6.07 Å². The van der Waals surface area contributed by atoms with Crippen molar-refractivity contribution in [3.05, 3.63) is 73.4 Å². The highest BCUT2D eigenvalue weighted by Crippen LogP contribution is 2.44. The Balaban J connectivity index is 1.42. The van der Waals surface area contributed by atoms with Crippen molar-refractivity contribution in [2.75, 3.05) is 13.1 Å². The lowest BCUT2D eigenvalue weighted by Gasteiger charge is -2.39. The minimum Gasteiger partial charge on any atom is -0.348 e. The van der Waals surface area contributed by atoms with Crippen LogP contribution in [0.15, 0.2) is 33.9 Å². The Kier molecular flexibility index (Phi) is 4.13. The first-order valence-electron chi connectivity index (χ1n) is 10.1. The number of rotatable bonds is 1. The number of piperidine rings is 1. The number of carbonyl (C=O) groups excluding carboxylic acids is 1. The Morgan fingerprint density at radius 2 is 1.93 bits per heavy atom. The lowest BCUT2D eigenvalue weighted by molar-refractivity contribution is 0.0657. The molecule has 154 valence electrons. The van der Waals surface area contributed by atoms with Crippen molar-refractivity contribution in [3.8, 4) is 0 Å². The van der Waals surface area contributed by atoms with Gasteiger partial charge in [-0.2, -0.15) is 0 Å². The van der Waals surface area contributed by atoms with E-state index in [0.29, 0.717) is 38.2 Å². The largest absolute Gasteiger partial charge is 0.348 e. The number of hydrogen-bond donors (Lipinski definition) is 2. The number of para-hydroxylation sites is 1. The number of pyridine rings is 1. The molecular weight excluding hydrogens is 387 g/mol. The molecule has 5 rings (SSSR count). The van der Waals surface area contributed by atoms with Gasteiger partial charge in [-0.25, -0.2) is 9.37 Å². The van der Waals surface area contributed by atoms with E-state index in [0.717, 1.165) is 17.7 Å². The predicted molar refractivity (Wildman–Crippen MR) is 109 cm³/mol. The molecule has 1 fully saturated rings. The average molecular weight is 408 g/mol. The molecular formula is C22H21FN4O3. The fraction of sp³-hybridized carbons (Fsp3) is 0.364. The zero-order valence-electron chi connectivity index (χ0n) is 16.5. The first kappa shape index (κ1) is 18.7. The molecule has 0 radical (unpaired) electrons. The number of carbonyl (C=O) groups is 1. The van der Waals surface area contributed by atoms with Crippen molar-refractivity contribution in [2.24, 2.45) is 0 Å². The van der Waals surface area contributed by atoms with Crippen molar-refractivity contribution in [1.29, 1.82) is 0 Å². The Morgan fingerprint density at radius 1 is 1.17 bits per heavy atom. The molecule has 1 spiro atoms. The molecule has 1 aliphatic carbocycles. The number of aromatic nitrogens is 3. The minimum absolute atomic E-state index is 0.0467. The van der Waals surface area contributed by atoms with E-state index in [1.165, 1.54) is 24.3 Å². The number of likely N-dealkylation sites (tertiary alicyclic amines) is 1. The SMILES string of the molecule is Cc1nc2c(c(=O)[nH]1)CCC21CCN(C(=O)c2cc(=O)c3cccc(F)c3[nH]2)CC1. The molecule has 30 heavy (non-hydrogen) atoms. The van der Waals surface area contributed by atoms with Gasteiger partial charge in [-0.3, -0.25) is 14.4 Å². The van der Waals surface area contributed by atoms with Crippen LogP contribution in [0.3, 0.4) is 0 Å². The van der Waals surface area contributed by atoms with E-state index < -0.39 is 5.82 Å². The first-order valence-corrected chi connectivity index (χ1v) is 10.1. The topological polar surface area (TPSA) is 98.9 Å². The third-order valence-corrected chi connectivity index (χ3v) is 6.54. The number of hydrogen-bond acceptors (Lipinski definition) is 4. The average Bonchev–Trinajstić information content (AvgIpc) is 3.07. The van der Waals surface area contributed by atoms with E-state index in [4.69, 9.17) is 0 Å². The van der Waals surface area contributed by atoms with E-state index in [2.05, 4.69) is 15.0 Å². The van der Waals surface area contributed by atoms with Gasteiger partial charge in [0.1, 0.15) is 17.3 Å². The summed E-state index contributed by atoms with van der Waals surface area (Å²) in [6.45, 7) is 2.76. The summed E-state index contributed by atoms with van der Waals surface area (Å²) < 4.78 is 14.1. The number of amides is 1. The maximum absolute atomic E-state index is 14.1. The van der Waals surface area contributed by atoms with E-state index in [-0.39, 0.29) is 38.9 Å². The molecule has 1 saturated heterocycles. The van der Waals surface area contributed by atoms with Gasteiger partial charge < -0.3 is 14.9 Å². The van der Waals surface area contributed by atoms with E-state index >= 15 is 0 Å². The normalized spacial score (nSPS) is 17.5. The Labute approximate surface area is 171 Å². The highest BCUT2D eigenvalue weighted by Gasteiger charge is 2.44. The molecule has 3 aromatic rings. The van der Waals surface area contributed by atoms with Crippen LogP contribution in [-0.4, -0.2) is 38.8 Å². The monoisotopic (exact) mass is 408 g/mol. The number of nitrogens with zero attached hydrogens (tertiary/aromatic N) is 2. The molecule has 0 unspecified atom stereocenters. The second-order valence-corrected chi connectivity index (χ2v) is 8.26. The highest BCUT2D eigenvalue weighted by atomic mass is 19.1. The van der Waals surface area contributed by atoms with Crippen LogP contribution in [-0.2, 0) is 11.8 Å². The molecule has 2 aromatic heterocycles. The summed E-state index contributed by atoms with van der Waals surface area (Å²) in [5, 5.41) is 0.221. The lowest BCUT2D eigenvalue weighted by Crippen LogP contribution is -2.45. The summed E-state index contributed by atoms with van der Waals surface area (Å²) in [5.41, 5.74) is 1.13. The van der Waals surface area contributed by atoms with Crippen LogP contribution in [0.25, 0.3) is 10.9 Å². The van der Waals surface area contributed by atoms with Crippen molar-refractivity contribution in [2.45, 2.75) is 38.0 Å². The van der Waals surface area contributed by atoms with E-state index in [9.17, 15) is 18.8 Å². The zero-order chi connectivity index (χ0) is 21.0. The Morgan fingerprint density at radius 3 is 2.70 bits per heavy atom. The van der Waals surface area contributed by atoms with E-state index in [1.807, 2.05) is 0 Å². The Bertz CT molecular complexity index is 1300. The number of halogens is 1. The number of aromatic amines is 2. The maximum atomic E-state index is 14.1.